The normalized spacial score (nSPS) is 15.9. The molecule has 1 atom stereocenters. The number of benzene rings is 1. The van der Waals surface area contributed by atoms with Crippen molar-refractivity contribution in [1.29, 1.82) is 5.26 Å². The summed E-state index contributed by atoms with van der Waals surface area (Å²) in [4.78, 5) is 26.4. The number of nitrogens with one attached hydrogen (secondary N) is 1. The molecule has 1 aromatic heterocycles. The summed E-state index contributed by atoms with van der Waals surface area (Å²) < 4.78 is 5.22. The Bertz CT molecular complexity index is 1000. The summed E-state index contributed by atoms with van der Waals surface area (Å²) in [6.07, 6.45) is 4.13. The van der Waals surface area contributed by atoms with Gasteiger partial charge >= 0.3 is 5.97 Å². The van der Waals surface area contributed by atoms with Crippen LogP contribution in [0.15, 0.2) is 29.8 Å². The fourth-order valence-corrected chi connectivity index (χ4v) is 4.82. The third-order valence-corrected chi connectivity index (χ3v) is 6.19. The quantitative estimate of drug-likeness (QED) is 0.400. The van der Waals surface area contributed by atoms with Crippen molar-refractivity contribution in [3.8, 4) is 6.07 Å². The van der Waals surface area contributed by atoms with Crippen LogP contribution >= 0.6 is 22.9 Å². The van der Waals surface area contributed by atoms with Gasteiger partial charge in [-0.05, 0) is 61.4 Å². The molecule has 150 valence electrons. The molecule has 5 nitrogen and oxygen atoms in total. The molecule has 3 rings (SSSR count). The zero-order chi connectivity index (χ0) is 21.0. The second kappa shape index (κ2) is 9.25. The summed E-state index contributed by atoms with van der Waals surface area (Å²) in [5.41, 5.74) is 2.02. The number of thiophene rings is 1. The molecule has 0 fully saturated rings. The number of anilines is 1. The van der Waals surface area contributed by atoms with E-state index in [0.29, 0.717) is 27.1 Å². The van der Waals surface area contributed by atoms with E-state index in [0.717, 1.165) is 29.7 Å². The number of hydrogen-bond donors (Lipinski definition) is 1. The average molecular weight is 429 g/mol. The van der Waals surface area contributed by atoms with E-state index in [1.54, 1.807) is 31.2 Å². The predicted octanol–water partition coefficient (Wildman–Crippen LogP) is 5.25. The standard InChI is InChI=1S/C22H21ClN2O3S/c1-3-28-22(27)19-17-9-4-13(2)10-18(17)29-21(19)25-20(26)15(12-24)11-14-5-7-16(23)8-6-14/h5-8,11,13H,3-4,9-10H2,1-2H3,(H,25,26). The molecule has 2 aromatic rings. The number of halogens is 1. The molecule has 1 N–H and O–H groups in total. The van der Waals surface area contributed by atoms with Gasteiger partial charge in [0.15, 0.2) is 0 Å². The van der Waals surface area contributed by atoms with Crippen LogP contribution in [0.3, 0.4) is 0 Å². The van der Waals surface area contributed by atoms with Crippen molar-refractivity contribution in [2.45, 2.75) is 33.1 Å². The van der Waals surface area contributed by atoms with Crippen molar-refractivity contribution in [3.63, 3.8) is 0 Å². The molecule has 0 spiro atoms. The number of rotatable bonds is 5. The summed E-state index contributed by atoms with van der Waals surface area (Å²) in [5, 5.41) is 13.2. The molecule has 1 amide bonds. The summed E-state index contributed by atoms with van der Waals surface area (Å²) in [6.45, 7) is 4.18. The molecule has 1 aromatic carbocycles. The molecule has 1 unspecified atom stereocenters. The fraction of sp³-hybridized carbons (Fsp3) is 0.318. The number of nitrogens with zero attached hydrogens (tertiary/aromatic N) is 1. The highest BCUT2D eigenvalue weighted by Gasteiger charge is 2.29. The maximum absolute atomic E-state index is 12.8. The van der Waals surface area contributed by atoms with Gasteiger partial charge in [-0.15, -0.1) is 11.3 Å². The number of hydrogen-bond acceptors (Lipinski definition) is 5. The van der Waals surface area contributed by atoms with Crippen molar-refractivity contribution in [2.75, 3.05) is 11.9 Å². The van der Waals surface area contributed by atoms with Gasteiger partial charge in [-0.2, -0.15) is 5.26 Å². The Hall–Kier alpha value is -2.62. The molecule has 0 saturated carbocycles. The molecule has 1 aliphatic rings. The van der Waals surface area contributed by atoms with E-state index in [2.05, 4.69) is 12.2 Å². The summed E-state index contributed by atoms with van der Waals surface area (Å²) in [5.74, 6) is -0.464. The lowest BCUT2D eigenvalue weighted by Gasteiger charge is -2.18. The zero-order valence-electron chi connectivity index (χ0n) is 16.3. The van der Waals surface area contributed by atoms with Crippen molar-refractivity contribution in [2.24, 2.45) is 5.92 Å². The van der Waals surface area contributed by atoms with Gasteiger partial charge in [0.1, 0.15) is 16.6 Å². The van der Waals surface area contributed by atoms with Crippen molar-refractivity contribution < 1.29 is 14.3 Å². The number of ether oxygens (including phenoxy) is 1. The summed E-state index contributed by atoms with van der Waals surface area (Å²) in [7, 11) is 0. The summed E-state index contributed by atoms with van der Waals surface area (Å²) >= 11 is 7.27. The number of carbonyl (C=O) groups excluding carboxylic acids is 2. The van der Waals surface area contributed by atoms with Crippen LogP contribution in [0, 0.1) is 17.2 Å². The molecular weight excluding hydrogens is 408 g/mol. The van der Waals surface area contributed by atoms with Gasteiger partial charge in [-0.25, -0.2) is 4.79 Å². The average Bonchev–Trinajstić information content (AvgIpc) is 3.04. The Morgan fingerprint density at radius 2 is 2.10 bits per heavy atom. The van der Waals surface area contributed by atoms with E-state index in [-0.39, 0.29) is 12.2 Å². The number of fused-ring (bicyclic) bond motifs is 1. The molecule has 29 heavy (non-hydrogen) atoms. The van der Waals surface area contributed by atoms with E-state index in [1.165, 1.54) is 17.4 Å². The minimum absolute atomic E-state index is 0.0538. The minimum Gasteiger partial charge on any atom is -0.462 e. The Kier molecular flexibility index (Phi) is 6.73. The Labute approximate surface area is 178 Å². The number of esters is 1. The van der Waals surface area contributed by atoms with Gasteiger partial charge in [0.2, 0.25) is 0 Å². The van der Waals surface area contributed by atoms with Gasteiger partial charge in [-0.1, -0.05) is 30.7 Å². The lowest BCUT2D eigenvalue weighted by molar-refractivity contribution is -0.112. The molecule has 0 saturated heterocycles. The second-order valence-electron chi connectivity index (χ2n) is 6.95. The molecule has 0 bridgehead atoms. The second-order valence-corrected chi connectivity index (χ2v) is 8.49. The van der Waals surface area contributed by atoms with Crippen LogP contribution < -0.4 is 5.32 Å². The Morgan fingerprint density at radius 3 is 2.76 bits per heavy atom. The van der Waals surface area contributed by atoms with E-state index in [9.17, 15) is 14.9 Å². The van der Waals surface area contributed by atoms with Crippen LogP contribution in [-0.2, 0) is 22.4 Å². The van der Waals surface area contributed by atoms with Gasteiger partial charge in [0.25, 0.3) is 5.91 Å². The number of amides is 1. The van der Waals surface area contributed by atoms with Crippen LogP contribution in [0.5, 0.6) is 0 Å². The highest BCUT2D eigenvalue weighted by atomic mass is 35.5. The highest BCUT2D eigenvalue weighted by molar-refractivity contribution is 7.17. The maximum atomic E-state index is 12.8. The smallest absolute Gasteiger partial charge is 0.341 e. The van der Waals surface area contributed by atoms with E-state index < -0.39 is 11.9 Å². The first-order valence-corrected chi connectivity index (χ1v) is 10.6. The van der Waals surface area contributed by atoms with Gasteiger partial charge in [0.05, 0.1) is 12.2 Å². The van der Waals surface area contributed by atoms with Gasteiger partial charge < -0.3 is 10.1 Å². The molecular formula is C22H21ClN2O3S. The molecule has 1 aliphatic carbocycles. The SMILES string of the molecule is CCOC(=O)c1c(NC(=O)C(C#N)=Cc2ccc(Cl)cc2)sc2c1CCC(C)C2. The third-order valence-electron chi connectivity index (χ3n) is 4.76. The van der Waals surface area contributed by atoms with E-state index >= 15 is 0 Å². The minimum atomic E-state index is -0.556. The third kappa shape index (κ3) is 4.87. The number of nitriles is 1. The first-order valence-electron chi connectivity index (χ1n) is 9.43. The zero-order valence-corrected chi connectivity index (χ0v) is 17.8. The predicted molar refractivity (Wildman–Crippen MR) is 115 cm³/mol. The van der Waals surface area contributed by atoms with Crippen LogP contribution in [0.25, 0.3) is 6.08 Å². The Balaban J connectivity index is 1.91. The van der Waals surface area contributed by atoms with Crippen molar-refractivity contribution in [3.05, 3.63) is 56.4 Å². The lowest BCUT2D eigenvalue weighted by Crippen LogP contribution is -2.17. The first-order chi connectivity index (χ1) is 13.9. The van der Waals surface area contributed by atoms with Crippen LogP contribution in [-0.4, -0.2) is 18.5 Å². The van der Waals surface area contributed by atoms with Crippen LogP contribution in [0.4, 0.5) is 5.00 Å². The number of carbonyl (C=O) groups is 2. The maximum Gasteiger partial charge on any atom is 0.341 e. The van der Waals surface area contributed by atoms with E-state index in [4.69, 9.17) is 16.3 Å². The topological polar surface area (TPSA) is 79.2 Å². The molecule has 1 heterocycles. The fourth-order valence-electron chi connectivity index (χ4n) is 3.30. The van der Waals surface area contributed by atoms with Crippen molar-refractivity contribution >= 4 is 45.9 Å². The first kappa shape index (κ1) is 21.1. The summed E-state index contributed by atoms with van der Waals surface area (Å²) in [6, 6.07) is 8.76. The lowest BCUT2D eigenvalue weighted by atomic mass is 9.88. The largest absolute Gasteiger partial charge is 0.462 e. The monoisotopic (exact) mass is 428 g/mol. The van der Waals surface area contributed by atoms with E-state index in [1.807, 2.05) is 6.07 Å². The molecule has 0 aliphatic heterocycles. The van der Waals surface area contributed by atoms with Gasteiger partial charge in [0, 0.05) is 9.90 Å². The van der Waals surface area contributed by atoms with Crippen LogP contribution in [0.1, 0.15) is 46.6 Å². The highest BCUT2D eigenvalue weighted by Crippen LogP contribution is 2.40. The van der Waals surface area contributed by atoms with Crippen LogP contribution in [0.2, 0.25) is 5.02 Å². The van der Waals surface area contributed by atoms with Crippen molar-refractivity contribution in [1.82, 2.24) is 0 Å². The van der Waals surface area contributed by atoms with Gasteiger partial charge in [-0.3, -0.25) is 4.79 Å². The molecule has 0 radical (unpaired) electrons. The molecule has 7 heteroatoms. The Morgan fingerprint density at radius 1 is 1.38 bits per heavy atom.